The number of benzene rings is 2. The average molecular weight is 498 g/mol. The normalized spacial score (nSPS) is 15.7. The third kappa shape index (κ3) is 6.66. The largest absolute Gasteiger partial charge is 0.497 e. The Morgan fingerprint density at radius 1 is 1.11 bits per heavy atom. The molecule has 9 heteroatoms. The van der Waals surface area contributed by atoms with Gasteiger partial charge in [-0.05, 0) is 38.0 Å². The van der Waals surface area contributed by atoms with Crippen molar-refractivity contribution in [2.24, 2.45) is 0 Å². The molecule has 1 aliphatic heterocycles. The molecular weight excluding hydrogens is 464 g/mol. The van der Waals surface area contributed by atoms with Crippen LogP contribution in [0, 0.1) is 0 Å². The molecule has 192 valence electrons. The van der Waals surface area contributed by atoms with Gasteiger partial charge in [-0.2, -0.15) is 0 Å². The van der Waals surface area contributed by atoms with Crippen LogP contribution in [-0.2, 0) is 17.8 Å². The van der Waals surface area contributed by atoms with Crippen LogP contribution >= 0.6 is 0 Å². The molecule has 4 rings (SSSR count). The van der Waals surface area contributed by atoms with Gasteiger partial charge in [-0.25, -0.2) is 18.4 Å². The van der Waals surface area contributed by atoms with Gasteiger partial charge in [0.1, 0.15) is 12.3 Å². The van der Waals surface area contributed by atoms with Crippen molar-refractivity contribution in [2.45, 2.75) is 51.6 Å². The summed E-state index contributed by atoms with van der Waals surface area (Å²) in [5.41, 5.74) is 2.76. The number of likely N-dealkylation sites (tertiary alicyclic amines) is 1. The van der Waals surface area contributed by atoms with Gasteiger partial charge in [0, 0.05) is 49.6 Å². The fourth-order valence-corrected chi connectivity index (χ4v) is 4.27. The van der Waals surface area contributed by atoms with Gasteiger partial charge < -0.3 is 15.0 Å². The number of carbonyl (C=O) groups excluding carboxylic acids is 1. The summed E-state index contributed by atoms with van der Waals surface area (Å²) in [5.74, 6) is -0.870. The first-order valence-corrected chi connectivity index (χ1v) is 12.3. The molecule has 0 aliphatic carbocycles. The van der Waals surface area contributed by atoms with E-state index in [0.717, 1.165) is 29.7 Å². The number of carbonyl (C=O) groups is 1. The number of methoxy groups -OCH3 is 1. The molecule has 3 aromatic rings. The summed E-state index contributed by atoms with van der Waals surface area (Å²) >= 11 is 0. The second-order valence-corrected chi connectivity index (χ2v) is 9.52. The number of nitrogens with zero attached hydrogens (tertiary/aromatic N) is 4. The van der Waals surface area contributed by atoms with Crippen molar-refractivity contribution >= 4 is 5.91 Å². The molecule has 1 saturated heterocycles. The minimum Gasteiger partial charge on any atom is -0.497 e. The molecular formula is C27H33F2N5O2. The van der Waals surface area contributed by atoms with Crippen molar-refractivity contribution in [3.8, 4) is 28.5 Å². The van der Waals surface area contributed by atoms with Gasteiger partial charge in [-0.15, -0.1) is 5.10 Å². The van der Waals surface area contributed by atoms with E-state index in [1.165, 1.54) is 0 Å². The van der Waals surface area contributed by atoms with Gasteiger partial charge in [-0.3, -0.25) is 4.79 Å². The first kappa shape index (κ1) is 25.8. The van der Waals surface area contributed by atoms with Crippen molar-refractivity contribution in [2.75, 3.05) is 26.7 Å². The van der Waals surface area contributed by atoms with Crippen LogP contribution in [0.2, 0.25) is 0 Å². The van der Waals surface area contributed by atoms with Crippen LogP contribution in [0.3, 0.4) is 0 Å². The number of ether oxygens (including phenoxy) is 1. The maximum Gasteiger partial charge on any atom is 0.250 e. The monoisotopic (exact) mass is 497 g/mol. The highest BCUT2D eigenvalue weighted by Gasteiger charge is 2.33. The topological polar surface area (TPSA) is 72.3 Å². The number of alkyl halides is 2. The summed E-state index contributed by atoms with van der Waals surface area (Å²) in [6, 6.07) is 15.5. The van der Waals surface area contributed by atoms with Gasteiger partial charge in [0.15, 0.2) is 11.6 Å². The fourth-order valence-electron chi connectivity index (χ4n) is 4.27. The van der Waals surface area contributed by atoms with Gasteiger partial charge >= 0.3 is 0 Å². The predicted octanol–water partition coefficient (Wildman–Crippen LogP) is 4.42. The minimum absolute atomic E-state index is 0.0229. The van der Waals surface area contributed by atoms with E-state index in [2.05, 4.69) is 15.3 Å². The van der Waals surface area contributed by atoms with Crippen LogP contribution in [0.1, 0.15) is 32.3 Å². The zero-order valence-corrected chi connectivity index (χ0v) is 21.0. The third-order valence-corrected chi connectivity index (χ3v) is 6.26. The smallest absolute Gasteiger partial charge is 0.250 e. The second-order valence-electron chi connectivity index (χ2n) is 9.52. The first-order valence-electron chi connectivity index (χ1n) is 12.3. The molecule has 0 bridgehead atoms. The lowest BCUT2D eigenvalue weighted by Gasteiger charge is -2.31. The second kappa shape index (κ2) is 11.2. The van der Waals surface area contributed by atoms with Crippen LogP contribution in [-0.4, -0.2) is 64.3 Å². The number of hydrogen-bond acceptors (Lipinski definition) is 5. The lowest BCUT2D eigenvalue weighted by atomic mass is 10.0. The number of halogens is 2. The van der Waals surface area contributed by atoms with Crippen molar-refractivity contribution in [1.82, 2.24) is 25.0 Å². The molecule has 1 fully saturated rings. The summed E-state index contributed by atoms with van der Waals surface area (Å²) in [7, 11) is 1.60. The van der Waals surface area contributed by atoms with Crippen molar-refractivity contribution < 1.29 is 18.3 Å². The molecule has 0 atom stereocenters. The van der Waals surface area contributed by atoms with Crippen LogP contribution in [0.25, 0.3) is 22.8 Å². The summed E-state index contributed by atoms with van der Waals surface area (Å²) in [5, 5.41) is 7.54. The maximum atomic E-state index is 13.4. The fraction of sp³-hybridized carbons (Fsp3) is 0.444. The molecule has 2 aromatic carbocycles. The Bertz CT molecular complexity index is 1170. The van der Waals surface area contributed by atoms with E-state index in [0.29, 0.717) is 30.5 Å². The standard InChI is InChI=1S/C27H33F2N5O2/c1-19(2)30-24(35)18-34-26(22-5-4-6-23(17-22)36-3)31-25(32-34)21-9-7-20(8-10-21)11-14-33-15-12-27(28,29)13-16-33/h4-10,17,19H,11-16,18H2,1-3H3,(H,30,35). The van der Waals surface area contributed by atoms with Gasteiger partial charge in [0.2, 0.25) is 5.91 Å². The summed E-state index contributed by atoms with van der Waals surface area (Å²) in [6.45, 7) is 5.50. The lowest BCUT2D eigenvalue weighted by molar-refractivity contribution is -0.122. The maximum absolute atomic E-state index is 13.4. The average Bonchev–Trinajstić information content (AvgIpc) is 3.26. The van der Waals surface area contributed by atoms with E-state index in [-0.39, 0.29) is 31.3 Å². The summed E-state index contributed by atoms with van der Waals surface area (Å²) in [4.78, 5) is 19.3. The molecule has 1 aromatic heterocycles. The molecule has 0 radical (unpaired) electrons. The van der Waals surface area contributed by atoms with E-state index >= 15 is 0 Å². The van der Waals surface area contributed by atoms with Crippen LogP contribution in [0.4, 0.5) is 8.78 Å². The molecule has 0 unspecified atom stereocenters. The van der Waals surface area contributed by atoms with E-state index < -0.39 is 5.92 Å². The highest BCUT2D eigenvalue weighted by atomic mass is 19.3. The van der Waals surface area contributed by atoms with E-state index in [4.69, 9.17) is 9.72 Å². The molecule has 0 saturated carbocycles. The highest BCUT2D eigenvalue weighted by Crippen LogP contribution is 2.28. The van der Waals surface area contributed by atoms with Crippen molar-refractivity contribution in [1.29, 1.82) is 0 Å². The Balaban J connectivity index is 1.51. The quantitative estimate of drug-likeness (QED) is 0.474. The lowest BCUT2D eigenvalue weighted by Crippen LogP contribution is -2.40. The number of nitrogens with one attached hydrogen (secondary N) is 1. The highest BCUT2D eigenvalue weighted by molar-refractivity contribution is 5.77. The van der Waals surface area contributed by atoms with Crippen LogP contribution < -0.4 is 10.1 Å². The summed E-state index contributed by atoms with van der Waals surface area (Å²) in [6.07, 6.45) is 0.661. The van der Waals surface area contributed by atoms with Gasteiger partial charge in [0.05, 0.1) is 7.11 Å². The number of rotatable bonds is 9. The van der Waals surface area contributed by atoms with E-state index in [1.54, 1.807) is 11.8 Å². The van der Waals surface area contributed by atoms with E-state index in [1.807, 2.05) is 62.4 Å². The number of piperidine rings is 1. The van der Waals surface area contributed by atoms with Gasteiger partial charge in [0.25, 0.3) is 5.92 Å². The number of amides is 1. The number of aromatic nitrogens is 3. The third-order valence-electron chi connectivity index (χ3n) is 6.26. The molecule has 0 spiro atoms. The molecule has 1 N–H and O–H groups in total. The van der Waals surface area contributed by atoms with Crippen LogP contribution in [0.15, 0.2) is 48.5 Å². The molecule has 2 heterocycles. The zero-order valence-electron chi connectivity index (χ0n) is 21.0. The Morgan fingerprint density at radius 2 is 1.83 bits per heavy atom. The number of hydrogen-bond donors (Lipinski definition) is 1. The molecule has 1 aliphatic rings. The van der Waals surface area contributed by atoms with Crippen molar-refractivity contribution in [3.05, 3.63) is 54.1 Å². The first-order chi connectivity index (χ1) is 17.2. The van der Waals surface area contributed by atoms with E-state index in [9.17, 15) is 13.6 Å². The molecule has 36 heavy (non-hydrogen) atoms. The Hall–Kier alpha value is -3.33. The SMILES string of the molecule is COc1cccc(-c2nc(-c3ccc(CCN4CCC(F)(F)CC4)cc3)nn2CC(=O)NC(C)C)c1. The minimum atomic E-state index is -2.52. The Kier molecular flexibility index (Phi) is 7.98. The van der Waals surface area contributed by atoms with Crippen molar-refractivity contribution in [3.63, 3.8) is 0 Å². The van der Waals surface area contributed by atoms with Crippen LogP contribution in [0.5, 0.6) is 5.75 Å². The summed E-state index contributed by atoms with van der Waals surface area (Å²) < 4.78 is 33.7. The van der Waals surface area contributed by atoms with Gasteiger partial charge in [-0.1, -0.05) is 36.4 Å². The Labute approximate surface area is 210 Å². The Morgan fingerprint density at radius 3 is 2.50 bits per heavy atom. The molecule has 7 nitrogen and oxygen atoms in total. The zero-order chi connectivity index (χ0) is 25.7. The molecule has 1 amide bonds. The predicted molar refractivity (Wildman–Crippen MR) is 135 cm³/mol.